The molecule has 0 aromatic heterocycles. The van der Waals surface area contributed by atoms with Crippen molar-refractivity contribution in [2.75, 3.05) is 4.90 Å². The lowest BCUT2D eigenvalue weighted by molar-refractivity contribution is -0.113. The van der Waals surface area contributed by atoms with Gasteiger partial charge in [0, 0.05) is 11.1 Å². The Morgan fingerprint density at radius 1 is 0.929 bits per heavy atom. The average Bonchev–Trinajstić information content (AvgIpc) is 3.11. The van der Waals surface area contributed by atoms with E-state index in [1.54, 1.807) is 0 Å². The van der Waals surface area contributed by atoms with Gasteiger partial charge in [0.2, 0.25) is 0 Å². The smallest absolute Gasteiger partial charge is 0.259 e. The maximum Gasteiger partial charge on any atom is 0.259 e. The second kappa shape index (κ2) is 6.97. The van der Waals surface area contributed by atoms with E-state index in [4.69, 9.17) is 0 Å². The van der Waals surface area contributed by atoms with Crippen LogP contribution in [-0.2, 0) is 11.3 Å². The molecule has 2 aromatic rings. The molecule has 1 aliphatic heterocycles. The van der Waals surface area contributed by atoms with Crippen LogP contribution in [0.25, 0.3) is 5.57 Å². The van der Waals surface area contributed by atoms with Gasteiger partial charge >= 0.3 is 0 Å². The first-order valence-corrected chi connectivity index (χ1v) is 9.76. The van der Waals surface area contributed by atoms with Crippen molar-refractivity contribution in [2.24, 2.45) is 0 Å². The summed E-state index contributed by atoms with van der Waals surface area (Å²) in [7, 11) is 0. The molecule has 2 heteroatoms. The molecular formula is C26H21NO. The van der Waals surface area contributed by atoms with E-state index in [1.165, 1.54) is 11.1 Å². The molecular weight excluding hydrogens is 342 g/mol. The molecule has 0 spiro atoms. The van der Waals surface area contributed by atoms with E-state index in [1.807, 2.05) is 41.3 Å². The van der Waals surface area contributed by atoms with E-state index >= 15 is 0 Å². The Kier molecular flexibility index (Phi) is 4.17. The number of fused-ring (bicyclic) bond motifs is 2. The minimum Gasteiger partial charge on any atom is -0.303 e. The molecule has 3 aliphatic rings. The van der Waals surface area contributed by atoms with Crippen LogP contribution in [0.1, 0.15) is 24.0 Å². The molecule has 0 bridgehead atoms. The van der Waals surface area contributed by atoms with Gasteiger partial charge in [-0.3, -0.25) is 4.79 Å². The van der Waals surface area contributed by atoms with E-state index in [2.05, 4.69) is 54.7 Å². The van der Waals surface area contributed by atoms with E-state index in [0.717, 1.165) is 40.8 Å². The predicted molar refractivity (Wildman–Crippen MR) is 115 cm³/mol. The molecule has 2 aliphatic carbocycles. The van der Waals surface area contributed by atoms with Gasteiger partial charge in [-0.05, 0) is 47.3 Å². The van der Waals surface area contributed by atoms with Crippen molar-refractivity contribution in [1.82, 2.24) is 0 Å². The second-order valence-electron chi connectivity index (χ2n) is 7.31. The Hall–Kier alpha value is -3.39. The van der Waals surface area contributed by atoms with Crippen LogP contribution in [0.4, 0.5) is 5.69 Å². The van der Waals surface area contributed by atoms with E-state index < -0.39 is 0 Å². The van der Waals surface area contributed by atoms with E-state index in [-0.39, 0.29) is 5.91 Å². The Labute approximate surface area is 165 Å². The number of para-hydroxylation sites is 1. The van der Waals surface area contributed by atoms with Crippen LogP contribution in [0, 0.1) is 0 Å². The van der Waals surface area contributed by atoms with Crippen molar-refractivity contribution in [2.45, 2.75) is 19.4 Å². The summed E-state index contributed by atoms with van der Waals surface area (Å²) in [5, 5.41) is 0. The Bertz CT molecular complexity index is 1100. The summed E-state index contributed by atoms with van der Waals surface area (Å²) in [6.45, 7) is 0.585. The van der Waals surface area contributed by atoms with Crippen LogP contribution in [0.5, 0.6) is 0 Å². The number of carbonyl (C=O) groups is 1. The Morgan fingerprint density at radius 2 is 1.75 bits per heavy atom. The van der Waals surface area contributed by atoms with Gasteiger partial charge in [0.05, 0.1) is 12.2 Å². The first kappa shape index (κ1) is 16.8. The molecule has 0 fully saturated rings. The summed E-state index contributed by atoms with van der Waals surface area (Å²) in [6, 6.07) is 18.3. The molecule has 1 amide bonds. The number of anilines is 1. The zero-order chi connectivity index (χ0) is 18.9. The number of hydrogen-bond donors (Lipinski definition) is 0. The van der Waals surface area contributed by atoms with Crippen LogP contribution < -0.4 is 4.90 Å². The van der Waals surface area contributed by atoms with Gasteiger partial charge in [-0.25, -0.2) is 0 Å². The maximum atomic E-state index is 13.4. The summed E-state index contributed by atoms with van der Waals surface area (Å²) in [5.74, 6) is 0.0733. The van der Waals surface area contributed by atoms with E-state index in [9.17, 15) is 4.79 Å². The molecule has 0 unspecified atom stereocenters. The fourth-order valence-electron chi connectivity index (χ4n) is 4.13. The monoisotopic (exact) mass is 363 g/mol. The normalized spacial score (nSPS) is 19.1. The zero-order valence-corrected chi connectivity index (χ0v) is 15.6. The topological polar surface area (TPSA) is 20.3 Å². The van der Waals surface area contributed by atoms with Crippen molar-refractivity contribution < 1.29 is 4.79 Å². The van der Waals surface area contributed by atoms with Crippen LogP contribution in [-0.4, -0.2) is 5.91 Å². The van der Waals surface area contributed by atoms with Crippen molar-refractivity contribution in [3.8, 4) is 0 Å². The second-order valence-corrected chi connectivity index (χ2v) is 7.31. The van der Waals surface area contributed by atoms with Gasteiger partial charge in [0.15, 0.2) is 0 Å². The molecule has 0 N–H and O–H groups in total. The largest absolute Gasteiger partial charge is 0.303 e. The Balaban J connectivity index is 1.52. The lowest BCUT2D eigenvalue weighted by Crippen LogP contribution is -2.25. The molecule has 2 nitrogen and oxygen atoms in total. The third-order valence-corrected chi connectivity index (χ3v) is 5.54. The van der Waals surface area contributed by atoms with Crippen LogP contribution >= 0.6 is 0 Å². The number of carbonyl (C=O) groups excluding carboxylic acids is 1. The fourth-order valence-corrected chi connectivity index (χ4v) is 4.13. The van der Waals surface area contributed by atoms with Gasteiger partial charge in [0.1, 0.15) is 0 Å². The third-order valence-electron chi connectivity index (χ3n) is 5.54. The standard InChI is InChI=1S/C26H21NO/c28-26-24(17-21-16-15-20-11-5-2-6-12-22(20)21)23-13-7-8-14-25(23)27(26)18-19-9-3-1-4-10-19/h1-4,6-10,12-17H,5,11,18H2. The SMILES string of the molecule is O=C1C(=CC2=CC=C3CCC=CC=C23)c2ccccc2N1Cc1ccccc1. The van der Waals surface area contributed by atoms with Crippen molar-refractivity contribution in [3.05, 3.63) is 119 Å². The van der Waals surface area contributed by atoms with Gasteiger partial charge in [-0.15, -0.1) is 0 Å². The van der Waals surface area contributed by atoms with Crippen molar-refractivity contribution in [3.63, 3.8) is 0 Å². The number of benzene rings is 2. The minimum absolute atomic E-state index is 0.0733. The van der Waals surface area contributed by atoms with Gasteiger partial charge < -0.3 is 4.90 Å². The van der Waals surface area contributed by atoms with Crippen molar-refractivity contribution >= 4 is 17.2 Å². The van der Waals surface area contributed by atoms with Gasteiger partial charge in [-0.1, -0.05) is 78.9 Å². The maximum absolute atomic E-state index is 13.4. The summed E-state index contributed by atoms with van der Waals surface area (Å²) in [4.78, 5) is 15.3. The van der Waals surface area contributed by atoms with E-state index in [0.29, 0.717) is 6.54 Å². The molecule has 136 valence electrons. The average molecular weight is 363 g/mol. The number of allylic oxidation sites excluding steroid dienone is 9. The third kappa shape index (κ3) is 2.87. The van der Waals surface area contributed by atoms with Crippen molar-refractivity contribution in [1.29, 1.82) is 0 Å². The molecule has 0 saturated heterocycles. The molecule has 0 atom stereocenters. The minimum atomic E-state index is 0.0733. The first-order valence-electron chi connectivity index (χ1n) is 9.76. The molecule has 28 heavy (non-hydrogen) atoms. The number of nitrogens with zero attached hydrogens (tertiary/aromatic N) is 1. The fraction of sp³-hybridized carbons (Fsp3) is 0.115. The summed E-state index contributed by atoms with van der Waals surface area (Å²) >= 11 is 0. The number of rotatable bonds is 3. The zero-order valence-electron chi connectivity index (χ0n) is 15.6. The van der Waals surface area contributed by atoms with Crippen LogP contribution in [0.3, 0.4) is 0 Å². The quantitative estimate of drug-likeness (QED) is 0.635. The number of amides is 1. The molecule has 5 rings (SSSR count). The predicted octanol–water partition coefficient (Wildman–Crippen LogP) is 5.76. The molecule has 0 radical (unpaired) electrons. The highest BCUT2D eigenvalue weighted by molar-refractivity contribution is 6.33. The lowest BCUT2D eigenvalue weighted by Gasteiger charge is -2.17. The number of hydrogen-bond acceptors (Lipinski definition) is 1. The lowest BCUT2D eigenvalue weighted by atomic mass is 9.97. The highest BCUT2D eigenvalue weighted by Crippen LogP contribution is 2.40. The molecule has 1 heterocycles. The van der Waals surface area contributed by atoms with Crippen LogP contribution in [0.2, 0.25) is 0 Å². The molecule has 0 saturated carbocycles. The van der Waals surface area contributed by atoms with Gasteiger partial charge in [0.25, 0.3) is 5.91 Å². The summed E-state index contributed by atoms with van der Waals surface area (Å²) < 4.78 is 0. The van der Waals surface area contributed by atoms with Crippen LogP contribution in [0.15, 0.2) is 108 Å². The molecule has 2 aromatic carbocycles. The first-order chi connectivity index (χ1) is 13.8. The Morgan fingerprint density at radius 3 is 2.64 bits per heavy atom. The summed E-state index contributed by atoms with van der Waals surface area (Å²) in [5.41, 5.74) is 7.65. The highest BCUT2D eigenvalue weighted by Gasteiger charge is 2.32. The summed E-state index contributed by atoms with van der Waals surface area (Å²) in [6.07, 6.45) is 15.0. The van der Waals surface area contributed by atoms with Gasteiger partial charge in [-0.2, -0.15) is 0 Å². The highest BCUT2D eigenvalue weighted by atomic mass is 16.2.